The maximum atomic E-state index is 12.5. The number of fused-ring (bicyclic) bond motifs is 1. The summed E-state index contributed by atoms with van der Waals surface area (Å²) in [7, 11) is 0. The van der Waals surface area contributed by atoms with Crippen molar-refractivity contribution in [2.24, 2.45) is 0 Å². The molecule has 1 atom stereocenters. The number of piperazine rings is 1. The predicted molar refractivity (Wildman–Crippen MR) is 90.5 cm³/mol. The molecule has 0 aromatic heterocycles. The van der Waals surface area contributed by atoms with Gasteiger partial charge in [-0.15, -0.1) is 0 Å². The van der Waals surface area contributed by atoms with Crippen LogP contribution in [0.4, 0.5) is 0 Å². The van der Waals surface area contributed by atoms with E-state index < -0.39 is 0 Å². The number of aliphatic hydroxyl groups excluding tert-OH is 1. The fourth-order valence-electron chi connectivity index (χ4n) is 3.09. The van der Waals surface area contributed by atoms with Gasteiger partial charge < -0.3 is 19.5 Å². The van der Waals surface area contributed by atoms with E-state index in [1.807, 2.05) is 30.0 Å². The number of rotatable bonds is 5. The van der Waals surface area contributed by atoms with Crippen LogP contribution in [-0.2, 0) is 11.2 Å². The van der Waals surface area contributed by atoms with Crippen LogP contribution < -0.4 is 9.47 Å². The molecule has 2 aliphatic rings. The first-order valence-electron chi connectivity index (χ1n) is 8.72. The van der Waals surface area contributed by atoms with Crippen LogP contribution in [0.3, 0.4) is 0 Å². The van der Waals surface area contributed by atoms with Crippen molar-refractivity contribution >= 4 is 5.91 Å². The number of benzene rings is 1. The molecule has 2 heterocycles. The smallest absolute Gasteiger partial charge is 0.227 e. The van der Waals surface area contributed by atoms with Gasteiger partial charge in [0.25, 0.3) is 0 Å². The van der Waals surface area contributed by atoms with Crippen LogP contribution in [0.25, 0.3) is 0 Å². The van der Waals surface area contributed by atoms with Crippen molar-refractivity contribution in [1.29, 1.82) is 0 Å². The van der Waals surface area contributed by atoms with E-state index in [2.05, 4.69) is 4.90 Å². The van der Waals surface area contributed by atoms with Crippen LogP contribution in [0, 0.1) is 0 Å². The minimum Gasteiger partial charge on any atom is -0.486 e. The Morgan fingerprint density at radius 3 is 2.58 bits per heavy atom. The zero-order chi connectivity index (χ0) is 16.9. The van der Waals surface area contributed by atoms with E-state index in [1.54, 1.807) is 0 Å². The summed E-state index contributed by atoms with van der Waals surface area (Å²) in [5, 5.41) is 9.73. The lowest BCUT2D eigenvalue weighted by Gasteiger charge is -2.35. The minimum absolute atomic E-state index is 0.141. The molecule has 1 amide bonds. The molecule has 0 aliphatic carbocycles. The van der Waals surface area contributed by atoms with E-state index in [9.17, 15) is 9.90 Å². The van der Waals surface area contributed by atoms with E-state index in [1.165, 1.54) is 0 Å². The van der Waals surface area contributed by atoms with Crippen molar-refractivity contribution in [1.82, 2.24) is 9.80 Å². The van der Waals surface area contributed by atoms with Gasteiger partial charge in [-0.1, -0.05) is 13.0 Å². The maximum absolute atomic E-state index is 12.5. The second-order valence-corrected chi connectivity index (χ2v) is 6.40. The molecule has 1 aromatic rings. The first-order valence-corrected chi connectivity index (χ1v) is 8.72. The van der Waals surface area contributed by atoms with Crippen LogP contribution >= 0.6 is 0 Å². The molecule has 1 saturated heterocycles. The molecule has 6 nitrogen and oxygen atoms in total. The molecular weight excluding hydrogens is 308 g/mol. The van der Waals surface area contributed by atoms with Gasteiger partial charge in [0.2, 0.25) is 5.91 Å². The Hall–Kier alpha value is -1.79. The van der Waals surface area contributed by atoms with Gasteiger partial charge in [-0.25, -0.2) is 0 Å². The van der Waals surface area contributed by atoms with E-state index >= 15 is 0 Å². The fraction of sp³-hybridized carbons (Fsp3) is 0.611. The van der Waals surface area contributed by atoms with E-state index in [4.69, 9.17) is 9.47 Å². The summed E-state index contributed by atoms with van der Waals surface area (Å²) in [5.74, 6) is 1.62. The first kappa shape index (κ1) is 17.0. The standard InChI is InChI=1S/C18H26N2O4/c1-2-15(21)13-19-5-7-20(8-6-19)18(22)12-14-3-4-16-17(11-14)24-10-9-23-16/h3-4,11,15,21H,2,5-10,12-13H2,1H3/t15-/m1/s1. The number of nitrogens with zero attached hydrogens (tertiary/aromatic N) is 2. The molecule has 0 unspecified atom stereocenters. The number of ether oxygens (including phenoxy) is 2. The summed E-state index contributed by atoms with van der Waals surface area (Å²) in [4.78, 5) is 16.6. The van der Waals surface area contributed by atoms with Gasteiger partial charge in [0.1, 0.15) is 13.2 Å². The molecule has 0 saturated carbocycles. The number of hydrogen-bond acceptors (Lipinski definition) is 5. The molecule has 1 fully saturated rings. The molecule has 1 aromatic carbocycles. The number of carbonyl (C=O) groups is 1. The van der Waals surface area contributed by atoms with Gasteiger partial charge >= 0.3 is 0 Å². The molecule has 2 aliphatic heterocycles. The van der Waals surface area contributed by atoms with E-state index in [0.717, 1.165) is 49.7 Å². The zero-order valence-electron chi connectivity index (χ0n) is 14.2. The normalized spacial score (nSPS) is 19.2. The third-order valence-electron chi connectivity index (χ3n) is 4.63. The Morgan fingerprint density at radius 2 is 1.88 bits per heavy atom. The molecule has 3 rings (SSSR count). The number of hydrogen-bond donors (Lipinski definition) is 1. The van der Waals surface area contributed by atoms with Gasteiger partial charge in [0.05, 0.1) is 12.5 Å². The van der Waals surface area contributed by atoms with E-state index in [-0.39, 0.29) is 12.0 Å². The highest BCUT2D eigenvalue weighted by atomic mass is 16.6. The van der Waals surface area contributed by atoms with Crippen LogP contribution in [0.5, 0.6) is 11.5 Å². The minimum atomic E-state index is -0.273. The fourth-order valence-corrected chi connectivity index (χ4v) is 3.09. The van der Waals surface area contributed by atoms with Gasteiger partial charge in [-0.3, -0.25) is 9.69 Å². The lowest BCUT2D eigenvalue weighted by Crippen LogP contribution is -2.50. The average molecular weight is 334 g/mol. The predicted octanol–water partition coefficient (Wildman–Crippen LogP) is 0.915. The molecule has 132 valence electrons. The van der Waals surface area contributed by atoms with Crippen molar-refractivity contribution in [3.8, 4) is 11.5 Å². The summed E-state index contributed by atoms with van der Waals surface area (Å²) in [6, 6.07) is 5.71. The third-order valence-corrected chi connectivity index (χ3v) is 4.63. The Kier molecular flexibility index (Phi) is 5.58. The first-order chi connectivity index (χ1) is 11.7. The molecular formula is C18H26N2O4. The van der Waals surface area contributed by atoms with Crippen LogP contribution in [0.1, 0.15) is 18.9 Å². The Labute approximate surface area is 143 Å². The van der Waals surface area contributed by atoms with Crippen LogP contribution in [0.15, 0.2) is 18.2 Å². The second-order valence-electron chi connectivity index (χ2n) is 6.40. The van der Waals surface area contributed by atoms with Crippen molar-refractivity contribution in [3.05, 3.63) is 23.8 Å². The van der Waals surface area contributed by atoms with Gasteiger partial charge in [0.15, 0.2) is 11.5 Å². The van der Waals surface area contributed by atoms with Gasteiger partial charge in [-0.2, -0.15) is 0 Å². The summed E-state index contributed by atoms with van der Waals surface area (Å²) in [6.07, 6.45) is 0.877. The lowest BCUT2D eigenvalue weighted by molar-refractivity contribution is -0.132. The monoisotopic (exact) mass is 334 g/mol. The topological polar surface area (TPSA) is 62.2 Å². The van der Waals surface area contributed by atoms with Crippen molar-refractivity contribution in [3.63, 3.8) is 0 Å². The Bertz CT molecular complexity index is 570. The molecule has 24 heavy (non-hydrogen) atoms. The van der Waals surface area contributed by atoms with Crippen molar-refractivity contribution in [2.75, 3.05) is 45.9 Å². The number of carbonyl (C=O) groups excluding carboxylic acids is 1. The highest BCUT2D eigenvalue weighted by Crippen LogP contribution is 2.31. The third kappa shape index (κ3) is 4.19. The van der Waals surface area contributed by atoms with E-state index in [0.29, 0.717) is 26.2 Å². The Balaban J connectivity index is 1.51. The van der Waals surface area contributed by atoms with Gasteiger partial charge in [0, 0.05) is 32.7 Å². The quantitative estimate of drug-likeness (QED) is 0.867. The van der Waals surface area contributed by atoms with Gasteiger partial charge in [-0.05, 0) is 24.1 Å². The Morgan fingerprint density at radius 1 is 1.17 bits per heavy atom. The molecule has 0 bridgehead atoms. The lowest BCUT2D eigenvalue weighted by atomic mass is 10.1. The van der Waals surface area contributed by atoms with Crippen LogP contribution in [0.2, 0.25) is 0 Å². The maximum Gasteiger partial charge on any atom is 0.227 e. The van der Waals surface area contributed by atoms with Crippen molar-refractivity contribution < 1.29 is 19.4 Å². The molecule has 1 N–H and O–H groups in total. The summed E-state index contributed by atoms with van der Waals surface area (Å²) < 4.78 is 11.1. The zero-order valence-corrected chi connectivity index (χ0v) is 14.2. The molecule has 6 heteroatoms. The average Bonchev–Trinajstić information content (AvgIpc) is 2.62. The largest absolute Gasteiger partial charge is 0.486 e. The van der Waals surface area contributed by atoms with Crippen molar-refractivity contribution in [2.45, 2.75) is 25.9 Å². The number of β-amino-alcohol motifs (C(OH)–C–C–N with tert-alkyl or cyclic N) is 1. The number of amides is 1. The second kappa shape index (κ2) is 7.85. The molecule has 0 spiro atoms. The summed E-state index contributed by atoms with van der Waals surface area (Å²) in [5.41, 5.74) is 0.952. The SMILES string of the molecule is CC[C@@H](O)CN1CCN(C(=O)Cc2ccc3c(c2)OCCO3)CC1. The summed E-state index contributed by atoms with van der Waals surface area (Å²) >= 11 is 0. The highest BCUT2D eigenvalue weighted by molar-refractivity contribution is 5.79. The summed E-state index contributed by atoms with van der Waals surface area (Å²) in [6.45, 7) is 6.89. The van der Waals surface area contributed by atoms with Crippen LogP contribution in [-0.4, -0.2) is 72.9 Å². The number of aliphatic hydroxyl groups is 1. The highest BCUT2D eigenvalue weighted by Gasteiger charge is 2.22. The molecule has 0 radical (unpaired) electrons.